The Hall–Kier alpha value is -2.11. The van der Waals surface area contributed by atoms with Gasteiger partial charge < -0.3 is 4.74 Å². The van der Waals surface area contributed by atoms with Gasteiger partial charge in [0.25, 0.3) is 0 Å². The SMILES string of the molecule is CC(C)c1ccc(Oc2ccccc2CC(F)(F)F)nn1. The number of ether oxygens (including phenoxy) is 1. The molecule has 6 heteroatoms. The Kier molecular flexibility index (Phi) is 4.45. The molecule has 0 aliphatic heterocycles. The topological polar surface area (TPSA) is 35.0 Å². The van der Waals surface area contributed by atoms with Gasteiger partial charge in [-0.2, -0.15) is 18.3 Å². The van der Waals surface area contributed by atoms with Gasteiger partial charge in [-0.3, -0.25) is 0 Å². The van der Waals surface area contributed by atoms with Crippen molar-refractivity contribution in [1.82, 2.24) is 10.2 Å². The predicted molar refractivity (Wildman–Crippen MR) is 72.4 cm³/mol. The Morgan fingerprint density at radius 2 is 1.76 bits per heavy atom. The third-order valence-corrected chi connectivity index (χ3v) is 2.83. The fraction of sp³-hybridized carbons (Fsp3) is 0.333. The highest BCUT2D eigenvalue weighted by Gasteiger charge is 2.29. The fourth-order valence-electron chi connectivity index (χ4n) is 1.77. The first-order valence-corrected chi connectivity index (χ1v) is 6.51. The maximum atomic E-state index is 12.5. The molecule has 0 unspecified atom stereocenters. The maximum Gasteiger partial charge on any atom is 0.393 e. The van der Waals surface area contributed by atoms with Crippen LogP contribution in [0.1, 0.15) is 31.0 Å². The van der Waals surface area contributed by atoms with Crippen LogP contribution in [-0.4, -0.2) is 16.4 Å². The molecular formula is C15H15F3N2O. The van der Waals surface area contributed by atoms with Gasteiger partial charge >= 0.3 is 6.18 Å². The Bertz CT molecular complexity index is 595. The van der Waals surface area contributed by atoms with Gasteiger partial charge in [-0.15, -0.1) is 5.10 Å². The van der Waals surface area contributed by atoms with Gasteiger partial charge in [0.05, 0.1) is 12.1 Å². The minimum absolute atomic E-state index is 0.0692. The summed E-state index contributed by atoms with van der Waals surface area (Å²) in [6.07, 6.45) is -5.33. The van der Waals surface area contributed by atoms with Crippen LogP contribution >= 0.6 is 0 Å². The van der Waals surface area contributed by atoms with Crippen molar-refractivity contribution in [2.45, 2.75) is 32.4 Å². The molecule has 2 rings (SSSR count). The summed E-state index contributed by atoms with van der Waals surface area (Å²) in [5, 5.41) is 7.86. The summed E-state index contributed by atoms with van der Waals surface area (Å²) in [7, 11) is 0. The number of rotatable bonds is 4. The van der Waals surface area contributed by atoms with Gasteiger partial charge in [-0.25, -0.2) is 0 Å². The molecule has 1 heterocycles. The van der Waals surface area contributed by atoms with Gasteiger partial charge in [0.2, 0.25) is 5.88 Å². The van der Waals surface area contributed by atoms with E-state index < -0.39 is 12.6 Å². The molecule has 0 spiro atoms. The number of aromatic nitrogens is 2. The lowest BCUT2D eigenvalue weighted by atomic mass is 10.1. The third-order valence-electron chi connectivity index (χ3n) is 2.83. The number of para-hydroxylation sites is 1. The maximum absolute atomic E-state index is 12.5. The fourth-order valence-corrected chi connectivity index (χ4v) is 1.77. The smallest absolute Gasteiger partial charge is 0.393 e. The first-order chi connectivity index (χ1) is 9.85. The van der Waals surface area contributed by atoms with E-state index in [1.807, 2.05) is 13.8 Å². The first-order valence-electron chi connectivity index (χ1n) is 6.51. The largest absolute Gasteiger partial charge is 0.437 e. The molecule has 112 valence electrons. The molecule has 21 heavy (non-hydrogen) atoms. The molecule has 3 nitrogen and oxygen atoms in total. The zero-order valence-corrected chi connectivity index (χ0v) is 11.7. The molecular weight excluding hydrogens is 281 g/mol. The Labute approximate surface area is 120 Å². The van der Waals surface area contributed by atoms with Crippen molar-refractivity contribution in [1.29, 1.82) is 0 Å². The van der Waals surface area contributed by atoms with Crippen molar-refractivity contribution in [2.75, 3.05) is 0 Å². The molecule has 0 aliphatic rings. The molecule has 0 fully saturated rings. The molecule has 0 atom stereocenters. The second kappa shape index (κ2) is 6.11. The van der Waals surface area contributed by atoms with E-state index in [0.29, 0.717) is 0 Å². The predicted octanol–water partition coefficient (Wildman–Crippen LogP) is 4.50. The second-order valence-corrected chi connectivity index (χ2v) is 4.95. The summed E-state index contributed by atoms with van der Waals surface area (Å²) in [5.41, 5.74) is 0.866. The van der Waals surface area contributed by atoms with E-state index in [4.69, 9.17) is 4.74 Å². The summed E-state index contributed by atoms with van der Waals surface area (Å²) < 4.78 is 43.0. The van der Waals surface area contributed by atoms with E-state index in [0.717, 1.165) is 5.69 Å². The van der Waals surface area contributed by atoms with Crippen LogP contribution in [-0.2, 0) is 6.42 Å². The number of alkyl halides is 3. The van der Waals surface area contributed by atoms with Crippen LogP contribution < -0.4 is 4.74 Å². The normalized spacial score (nSPS) is 11.7. The number of nitrogens with zero attached hydrogens (tertiary/aromatic N) is 2. The Morgan fingerprint density at radius 1 is 1.05 bits per heavy atom. The van der Waals surface area contributed by atoms with Crippen LogP contribution in [0.5, 0.6) is 11.6 Å². The molecule has 0 bridgehead atoms. The van der Waals surface area contributed by atoms with Crippen molar-refractivity contribution in [3.63, 3.8) is 0 Å². The second-order valence-electron chi connectivity index (χ2n) is 4.95. The van der Waals surface area contributed by atoms with E-state index in [9.17, 15) is 13.2 Å². The summed E-state index contributed by atoms with van der Waals surface area (Å²) in [6.45, 7) is 3.95. The van der Waals surface area contributed by atoms with Crippen LogP contribution in [0.3, 0.4) is 0 Å². The Balaban J connectivity index is 2.19. The van der Waals surface area contributed by atoms with E-state index >= 15 is 0 Å². The molecule has 0 radical (unpaired) electrons. The molecule has 0 N–H and O–H groups in total. The third kappa shape index (κ3) is 4.44. The summed E-state index contributed by atoms with van der Waals surface area (Å²) in [5.74, 6) is 0.541. The van der Waals surface area contributed by atoms with Crippen LogP contribution in [0.15, 0.2) is 36.4 Å². The molecule has 0 amide bonds. The van der Waals surface area contributed by atoms with Gasteiger partial charge in [0.1, 0.15) is 5.75 Å². The van der Waals surface area contributed by atoms with Crippen molar-refractivity contribution >= 4 is 0 Å². The first kappa shape index (κ1) is 15.3. The van der Waals surface area contributed by atoms with Crippen molar-refractivity contribution < 1.29 is 17.9 Å². The van der Waals surface area contributed by atoms with Crippen molar-refractivity contribution in [2.24, 2.45) is 0 Å². The lowest BCUT2D eigenvalue weighted by molar-refractivity contribution is -0.127. The number of benzene rings is 1. The van der Waals surface area contributed by atoms with Crippen LogP contribution in [0, 0.1) is 0 Å². The van der Waals surface area contributed by atoms with Crippen LogP contribution in [0.25, 0.3) is 0 Å². The van der Waals surface area contributed by atoms with Gasteiger partial charge in [-0.1, -0.05) is 32.0 Å². The molecule has 0 saturated carbocycles. The highest BCUT2D eigenvalue weighted by Crippen LogP contribution is 2.29. The van der Waals surface area contributed by atoms with E-state index in [1.54, 1.807) is 24.3 Å². The number of hydrogen-bond donors (Lipinski definition) is 0. The average molecular weight is 296 g/mol. The van der Waals surface area contributed by atoms with E-state index in [1.165, 1.54) is 12.1 Å². The van der Waals surface area contributed by atoms with Crippen molar-refractivity contribution in [3.8, 4) is 11.6 Å². The molecule has 0 saturated heterocycles. The zero-order chi connectivity index (χ0) is 15.5. The minimum atomic E-state index is -4.29. The average Bonchev–Trinajstić information content (AvgIpc) is 2.40. The van der Waals surface area contributed by atoms with Crippen molar-refractivity contribution in [3.05, 3.63) is 47.7 Å². The molecule has 1 aromatic heterocycles. The summed E-state index contributed by atoms with van der Waals surface area (Å²) in [4.78, 5) is 0. The number of hydrogen-bond acceptors (Lipinski definition) is 3. The lowest BCUT2D eigenvalue weighted by Crippen LogP contribution is -2.12. The number of halogens is 3. The van der Waals surface area contributed by atoms with Crippen LogP contribution in [0.4, 0.5) is 13.2 Å². The van der Waals surface area contributed by atoms with Gasteiger partial charge in [-0.05, 0) is 18.1 Å². The quantitative estimate of drug-likeness (QED) is 0.833. The molecule has 0 aliphatic carbocycles. The lowest BCUT2D eigenvalue weighted by Gasteiger charge is -2.12. The molecule has 2 aromatic rings. The minimum Gasteiger partial charge on any atom is -0.437 e. The van der Waals surface area contributed by atoms with E-state index in [-0.39, 0.29) is 23.1 Å². The van der Waals surface area contributed by atoms with Gasteiger partial charge in [0, 0.05) is 11.6 Å². The highest BCUT2D eigenvalue weighted by molar-refractivity contribution is 5.36. The zero-order valence-electron chi connectivity index (χ0n) is 11.7. The van der Waals surface area contributed by atoms with E-state index in [2.05, 4.69) is 10.2 Å². The molecule has 1 aromatic carbocycles. The monoisotopic (exact) mass is 296 g/mol. The van der Waals surface area contributed by atoms with Gasteiger partial charge in [0.15, 0.2) is 0 Å². The summed E-state index contributed by atoms with van der Waals surface area (Å²) >= 11 is 0. The summed E-state index contributed by atoms with van der Waals surface area (Å²) in [6, 6.07) is 9.39. The Morgan fingerprint density at radius 3 is 2.33 bits per heavy atom. The van der Waals surface area contributed by atoms with Crippen LogP contribution in [0.2, 0.25) is 0 Å². The highest BCUT2D eigenvalue weighted by atomic mass is 19.4. The standard InChI is InChI=1S/C15H15F3N2O/c1-10(2)12-7-8-14(20-19-12)21-13-6-4-3-5-11(13)9-15(16,17)18/h3-8,10H,9H2,1-2H3.